The van der Waals surface area contributed by atoms with Gasteiger partial charge in [-0.05, 0) is 59.4 Å². The minimum Gasteiger partial charge on any atom is -0.350 e. The van der Waals surface area contributed by atoms with Crippen LogP contribution >= 0.6 is 27.3 Å². The van der Waals surface area contributed by atoms with Crippen molar-refractivity contribution in [2.75, 3.05) is 19.6 Å². The molecule has 4 nitrogen and oxygen atoms in total. The van der Waals surface area contributed by atoms with Gasteiger partial charge in [-0.25, -0.2) is 0 Å². The molecule has 1 fully saturated rings. The standard InChI is InChI=1S/C16H18BrN3OS/c17-13-8-12(9-18-10-13)16(21)19-11-14(15-4-3-7-22-15)20-5-1-2-6-20/h3-4,7-10,14H,1-2,5-6,11H2,(H,19,21). The van der Waals surface area contributed by atoms with Gasteiger partial charge >= 0.3 is 0 Å². The predicted octanol–water partition coefficient (Wildman–Crippen LogP) is 3.47. The van der Waals surface area contributed by atoms with Crippen LogP contribution in [0.15, 0.2) is 40.4 Å². The second-order valence-electron chi connectivity index (χ2n) is 5.38. The van der Waals surface area contributed by atoms with Crippen LogP contribution in [0.25, 0.3) is 0 Å². The molecule has 1 N–H and O–H groups in total. The van der Waals surface area contributed by atoms with Crippen molar-refractivity contribution in [2.24, 2.45) is 0 Å². The van der Waals surface area contributed by atoms with E-state index in [2.05, 4.69) is 48.6 Å². The fourth-order valence-corrected chi connectivity index (χ4v) is 4.00. The van der Waals surface area contributed by atoms with E-state index in [0.29, 0.717) is 12.1 Å². The van der Waals surface area contributed by atoms with E-state index in [-0.39, 0.29) is 11.9 Å². The number of nitrogens with zero attached hydrogens (tertiary/aromatic N) is 2. The Morgan fingerprint density at radius 2 is 2.23 bits per heavy atom. The average Bonchev–Trinajstić information content (AvgIpc) is 3.21. The van der Waals surface area contributed by atoms with Gasteiger partial charge in [-0.3, -0.25) is 14.7 Å². The molecule has 0 radical (unpaired) electrons. The van der Waals surface area contributed by atoms with E-state index in [9.17, 15) is 4.79 Å². The van der Waals surface area contributed by atoms with Crippen LogP contribution in [0.2, 0.25) is 0 Å². The number of halogens is 1. The number of carbonyl (C=O) groups excluding carboxylic acids is 1. The SMILES string of the molecule is O=C(NCC(c1cccs1)N1CCCC1)c1cncc(Br)c1. The predicted molar refractivity (Wildman–Crippen MR) is 92.1 cm³/mol. The number of nitrogens with one attached hydrogen (secondary N) is 1. The van der Waals surface area contributed by atoms with E-state index in [4.69, 9.17) is 0 Å². The summed E-state index contributed by atoms with van der Waals surface area (Å²) in [5.74, 6) is -0.0745. The van der Waals surface area contributed by atoms with E-state index in [1.807, 2.05) is 0 Å². The van der Waals surface area contributed by atoms with Gasteiger partial charge in [-0.1, -0.05) is 6.07 Å². The van der Waals surface area contributed by atoms with E-state index in [1.54, 1.807) is 29.8 Å². The number of aromatic nitrogens is 1. The van der Waals surface area contributed by atoms with Gasteiger partial charge in [0, 0.05) is 28.3 Å². The zero-order valence-corrected chi connectivity index (χ0v) is 14.6. The van der Waals surface area contributed by atoms with Crippen LogP contribution in [-0.2, 0) is 0 Å². The number of hydrogen-bond donors (Lipinski definition) is 1. The highest BCUT2D eigenvalue weighted by Gasteiger charge is 2.24. The summed E-state index contributed by atoms with van der Waals surface area (Å²) in [6.07, 6.45) is 5.75. The first-order valence-electron chi connectivity index (χ1n) is 7.40. The van der Waals surface area contributed by atoms with E-state index < -0.39 is 0 Å². The second kappa shape index (κ2) is 7.35. The van der Waals surface area contributed by atoms with Crippen LogP contribution in [0.1, 0.15) is 34.1 Å². The molecule has 1 unspecified atom stereocenters. The number of amides is 1. The maximum absolute atomic E-state index is 12.3. The minimum atomic E-state index is -0.0745. The third-order valence-electron chi connectivity index (χ3n) is 3.88. The van der Waals surface area contributed by atoms with Crippen molar-refractivity contribution in [1.29, 1.82) is 0 Å². The number of carbonyl (C=O) groups is 1. The summed E-state index contributed by atoms with van der Waals surface area (Å²) in [4.78, 5) is 20.1. The molecular formula is C16H18BrN3OS. The lowest BCUT2D eigenvalue weighted by molar-refractivity contribution is 0.0938. The van der Waals surface area contributed by atoms with Crippen LogP contribution in [0.4, 0.5) is 0 Å². The van der Waals surface area contributed by atoms with Gasteiger partial charge in [0.1, 0.15) is 0 Å². The molecule has 0 aliphatic carbocycles. The molecule has 0 saturated carbocycles. The molecule has 1 amide bonds. The molecular weight excluding hydrogens is 362 g/mol. The van der Waals surface area contributed by atoms with Crippen LogP contribution in [0, 0.1) is 0 Å². The third-order valence-corrected chi connectivity index (χ3v) is 5.28. The first kappa shape index (κ1) is 15.6. The quantitative estimate of drug-likeness (QED) is 0.864. The van der Waals surface area contributed by atoms with Gasteiger partial charge in [-0.2, -0.15) is 0 Å². The molecule has 22 heavy (non-hydrogen) atoms. The summed E-state index contributed by atoms with van der Waals surface area (Å²) in [7, 11) is 0. The van der Waals surface area contributed by atoms with Crippen molar-refractivity contribution in [1.82, 2.24) is 15.2 Å². The Labute approximate surface area is 142 Å². The lowest BCUT2D eigenvalue weighted by atomic mass is 10.2. The highest BCUT2D eigenvalue weighted by Crippen LogP contribution is 2.27. The van der Waals surface area contributed by atoms with Crippen molar-refractivity contribution in [2.45, 2.75) is 18.9 Å². The maximum atomic E-state index is 12.3. The van der Waals surface area contributed by atoms with E-state index in [1.165, 1.54) is 17.7 Å². The first-order valence-corrected chi connectivity index (χ1v) is 9.07. The lowest BCUT2D eigenvalue weighted by Gasteiger charge is -2.26. The monoisotopic (exact) mass is 379 g/mol. The number of hydrogen-bond acceptors (Lipinski definition) is 4. The normalized spacial score (nSPS) is 16.6. The van der Waals surface area contributed by atoms with Crippen molar-refractivity contribution >= 4 is 33.2 Å². The van der Waals surface area contributed by atoms with Crippen molar-refractivity contribution in [3.63, 3.8) is 0 Å². The van der Waals surface area contributed by atoms with Crippen LogP contribution in [0.3, 0.4) is 0 Å². The maximum Gasteiger partial charge on any atom is 0.252 e. The summed E-state index contributed by atoms with van der Waals surface area (Å²) >= 11 is 5.10. The zero-order valence-electron chi connectivity index (χ0n) is 12.2. The summed E-state index contributed by atoms with van der Waals surface area (Å²) in [5.41, 5.74) is 0.584. The average molecular weight is 380 g/mol. The van der Waals surface area contributed by atoms with E-state index >= 15 is 0 Å². The van der Waals surface area contributed by atoms with Crippen molar-refractivity contribution in [3.8, 4) is 0 Å². The number of likely N-dealkylation sites (tertiary alicyclic amines) is 1. The Morgan fingerprint density at radius 3 is 2.91 bits per heavy atom. The van der Waals surface area contributed by atoms with Crippen LogP contribution in [-0.4, -0.2) is 35.4 Å². The molecule has 3 rings (SSSR count). The lowest BCUT2D eigenvalue weighted by Crippen LogP contribution is -2.36. The van der Waals surface area contributed by atoms with Crippen LogP contribution in [0.5, 0.6) is 0 Å². The summed E-state index contributed by atoms with van der Waals surface area (Å²) in [5, 5.41) is 5.15. The third kappa shape index (κ3) is 3.74. The van der Waals surface area contributed by atoms with E-state index in [0.717, 1.165) is 17.6 Å². The summed E-state index contributed by atoms with van der Waals surface area (Å²) < 4.78 is 0.814. The fourth-order valence-electron chi connectivity index (χ4n) is 2.77. The van der Waals surface area contributed by atoms with Gasteiger partial charge in [0.2, 0.25) is 0 Å². The number of pyridine rings is 1. The largest absolute Gasteiger partial charge is 0.350 e. The topological polar surface area (TPSA) is 45.2 Å². The Morgan fingerprint density at radius 1 is 1.41 bits per heavy atom. The van der Waals surface area contributed by atoms with Crippen molar-refractivity contribution in [3.05, 3.63) is 50.9 Å². The number of thiophene rings is 1. The highest BCUT2D eigenvalue weighted by molar-refractivity contribution is 9.10. The molecule has 0 aromatic carbocycles. The molecule has 0 bridgehead atoms. The fraction of sp³-hybridized carbons (Fsp3) is 0.375. The second-order valence-corrected chi connectivity index (χ2v) is 7.27. The van der Waals surface area contributed by atoms with Gasteiger partial charge in [0.25, 0.3) is 5.91 Å². The molecule has 0 spiro atoms. The Kier molecular flexibility index (Phi) is 5.23. The molecule has 1 aliphatic heterocycles. The Hall–Kier alpha value is -1.24. The Bertz CT molecular complexity index is 626. The molecule has 6 heteroatoms. The van der Waals surface area contributed by atoms with Gasteiger partial charge < -0.3 is 5.32 Å². The van der Waals surface area contributed by atoms with Crippen molar-refractivity contribution < 1.29 is 4.79 Å². The summed E-state index contributed by atoms with van der Waals surface area (Å²) in [6, 6.07) is 6.29. The van der Waals surface area contributed by atoms with Gasteiger partial charge in [-0.15, -0.1) is 11.3 Å². The Balaban J connectivity index is 1.67. The zero-order chi connectivity index (χ0) is 15.4. The summed E-state index contributed by atoms with van der Waals surface area (Å²) in [6.45, 7) is 2.85. The molecule has 2 aromatic rings. The molecule has 3 heterocycles. The van der Waals surface area contributed by atoms with Gasteiger partial charge in [0.15, 0.2) is 0 Å². The number of rotatable bonds is 5. The minimum absolute atomic E-state index is 0.0745. The molecule has 1 saturated heterocycles. The molecule has 116 valence electrons. The molecule has 1 aliphatic rings. The van der Waals surface area contributed by atoms with Gasteiger partial charge in [0.05, 0.1) is 11.6 Å². The molecule has 1 atom stereocenters. The van der Waals surface area contributed by atoms with Crippen LogP contribution < -0.4 is 5.32 Å². The smallest absolute Gasteiger partial charge is 0.252 e. The molecule has 2 aromatic heterocycles. The first-order chi connectivity index (χ1) is 10.7. The highest BCUT2D eigenvalue weighted by atomic mass is 79.9.